The van der Waals surface area contributed by atoms with Crippen LogP contribution in [-0.4, -0.2) is 25.7 Å². The van der Waals surface area contributed by atoms with E-state index in [-0.39, 0.29) is 31.3 Å². The maximum absolute atomic E-state index is 13.3. The van der Waals surface area contributed by atoms with Gasteiger partial charge in [-0.1, -0.05) is 18.2 Å². The molecule has 1 N–H and O–H groups in total. The Kier molecular flexibility index (Phi) is 6.21. The van der Waals surface area contributed by atoms with Gasteiger partial charge in [-0.3, -0.25) is 4.79 Å². The second-order valence-corrected chi connectivity index (χ2v) is 4.94. The molecule has 0 spiro atoms. The lowest BCUT2D eigenvalue weighted by molar-refractivity contribution is -0.137. The van der Waals surface area contributed by atoms with Crippen molar-refractivity contribution in [2.24, 2.45) is 0 Å². The number of para-hydroxylation sites is 1. The van der Waals surface area contributed by atoms with Crippen molar-refractivity contribution in [3.8, 4) is 11.5 Å². The van der Waals surface area contributed by atoms with Crippen molar-refractivity contribution >= 4 is 5.91 Å². The molecule has 0 heterocycles. The first-order valence-corrected chi connectivity index (χ1v) is 7.30. The van der Waals surface area contributed by atoms with Crippen LogP contribution in [0.25, 0.3) is 0 Å². The van der Waals surface area contributed by atoms with E-state index in [0.29, 0.717) is 0 Å². The minimum absolute atomic E-state index is 0.0211. The zero-order chi connectivity index (χ0) is 18.3. The summed E-state index contributed by atoms with van der Waals surface area (Å²) in [6, 6.07) is 10.1. The second kappa shape index (κ2) is 8.36. The molecule has 4 nitrogen and oxygen atoms in total. The van der Waals surface area contributed by atoms with E-state index >= 15 is 0 Å². The third-order valence-electron chi connectivity index (χ3n) is 3.05. The molecular formula is C17H15F4NO3. The molecule has 134 valence electrons. The molecule has 1 amide bonds. The van der Waals surface area contributed by atoms with Crippen molar-refractivity contribution in [1.82, 2.24) is 5.32 Å². The monoisotopic (exact) mass is 357 g/mol. The summed E-state index contributed by atoms with van der Waals surface area (Å²) >= 11 is 0. The lowest BCUT2D eigenvalue weighted by Gasteiger charge is -2.11. The van der Waals surface area contributed by atoms with Gasteiger partial charge in [-0.05, 0) is 30.3 Å². The summed E-state index contributed by atoms with van der Waals surface area (Å²) in [6.45, 7) is -0.340. The van der Waals surface area contributed by atoms with Crippen molar-refractivity contribution in [3.05, 3.63) is 59.9 Å². The zero-order valence-corrected chi connectivity index (χ0v) is 13.0. The van der Waals surface area contributed by atoms with Crippen LogP contribution in [0, 0.1) is 5.82 Å². The van der Waals surface area contributed by atoms with Gasteiger partial charge in [-0.2, -0.15) is 13.2 Å². The van der Waals surface area contributed by atoms with Crippen molar-refractivity contribution in [3.63, 3.8) is 0 Å². The summed E-state index contributed by atoms with van der Waals surface area (Å²) in [5, 5.41) is 2.45. The number of carbonyl (C=O) groups is 1. The molecule has 0 aliphatic rings. The van der Waals surface area contributed by atoms with Gasteiger partial charge < -0.3 is 14.8 Å². The summed E-state index contributed by atoms with van der Waals surface area (Å²) in [7, 11) is 0. The van der Waals surface area contributed by atoms with Crippen molar-refractivity contribution in [1.29, 1.82) is 0 Å². The van der Waals surface area contributed by atoms with E-state index in [9.17, 15) is 22.4 Å². The van der Waals surface area contributed by atoms with Crippen LogP contribution in [0.3, 0.4) is 0 Å². The molecule has 0 aliphatic carbocycles. The number of hydrogen-bond donors (Lipinski definition) is 1. The first-order valence-electron chi connectivity index (χ1n) is 7.30. The molecule has 0 radical (unpaired) electrons. The summed E-state index contributed by atoms with van der Waals surface area (Å²) in [5.74, 6) is -1.08. The van der Waals surface area contributed by atoms with Crippen LogP contribution in [-0.2, 0) is 11.0 Å². The predicted molar refractivity (Wildman–Crippen MR) is 81.8 cm³/mol. The highest BCUT2D eigenvalue weighted by molar-refractivity contribution is 5.77. The van der Waals surface area contributed by atoms with Gasteiger partial charge in [0.05, 0.1) is 12.1 Å². The average molecular weight is 357 g/mol. The Balaban J connectivity index is 1.71. The van der Waals surface area contributed by atoms with Crippen LogP contribution in [0.1, 0.15) is 5.56 Å². The number of carbonyl (C=O) groups excluding carboxylic acids is 1. The van der Waals surface area contributed by atoms with E-state index < -0.39 is 23.5 Å². The van der Waals surface area contributed by atoms with E-state index in [2.05, 4.69) is 5.32 Å². The number of rotatable bonds is 7. The second-order valence-electron chi connectivity index (χ2n) is 4.94. The Morgan fingerprint density at radius 1 is 1.04 bits per heavy atom. The fourth-order valence-corrected chi connectivity index (χ4v) is 1.88. The van der Waals surface area contributed by atoms with Gasteiger partial charge in [0.25, 0.3) is 5.91 Å². The fraction of sp³-hybridized carbons (Fsp3) is 0.235. The van der Waals surface area contributed by atoms with Crippen LogP contribution < -0.4 is 14.8 Å². The molecule has 25 heavy (non-hydrogen) atoms. The molecule has 0 fully saturated rings. The third kappa shape index (κ3) is 5.98. The quantitative estimate of drug-likeness (QED) is 0.610. The molecule has 0 saturated heterocycles. The standard InChI is InChI=1S/C17H15F4NO3/c18-14-6-1-2-7-15(14)25-11-16(23)22-8-9-24-13-5-3-4-12(10-13)17(19,20)21/h1-7,10H,8-9,11H2,(H,22,23). The topological polar surface area (TPSA) is 47.6 Å². The van der Waals surface area contributed by atoms with Gasteiger partial charge in [0.1, 0.15) is 12.4 Å². The third-order valence-corrected chi connectivity index (χ3v) is 3.05. The van der Waals surface area contributed by atoms with Crippen LogP contribution in [0.4, 0.5) is 17.6 Å². The molecule has 0 saturated carbocycles. The fourth-order valence-electron chi connectivity index (χ4n) is 1.88. The van der Waals surface area contributed by atoms with E-state index in [1.807, 2.05) is 0 Å². The van der Waals surface area contributed by atoms with Gasteiger partial charge in [0.15, 0.2) is 18.2 Å². The summed E-state index contributed by atoms with van der Waals surface area (Å²) < 4.78 is 61.2. The Morgan fingerprint density at radius 2 is 1.80 bits per heavy atom. The molecule has 0 bridgehead atoms. The molecule has 0 atom stereocenters. The molecule has 0 unspecified atom stereocenters. The Hall–Kier alpha value is -2.77. The largest absolute Gasteiger partial charge is 0.492 e. The van der Waals surface area contributed by atoms with E-state index in [4.69, 9.17) is 9.47 Å². The Bertz CT molecular complexity index is 719. The predicted octanol–water partition coefficient (Wildman–Crippen LogP) is 3.42. The Labute approximate surface area is 141 Å². The zero-order valence-electron chi connectivity index (χ0n) is 13.0. The molecule has 2 aromatic carbocycles. The minimum Gasteiger partial charge on any atom is -0.492 e. The van der Waals surface area contributed by atoms with Gasteiger partial charge in [0.2, 0.25) is 0 Å². The average Bonchev–Trinajstić information content (AvgIpc) is 2.57. The number of amides is 1. The Morgan fingerprint density at radius 3 is 2.52 bits per heavy atom. The normalized spacial score (nSPS) is 11.0. The maximum Gasteiger partial charge on any atom is 0.416 e. The summed E-state index contributed by atoms with van der Waals surface area (Å²) in [4.78, 5) is 11.6. The number of ether oxygens (including phenoxy) is 2. The highest BCUT2D eigenvalue weighted by Gasteiger charge is 2.30. The van der Waals surface area contributed by atoms with Gasteiger partial charge in [-0.15, -0.1) is 0 Å². The van der Waals surface area contributed by atoms with E-state index in [1.165, 1.54) is 30.3 Å². The number of hydrogen-bond acceptors (Lipinski definition) is 3. The van der Waals surface area contributed by atoms with Crippen molar-refractivity contribution < 1.29 is 31.8 Å². The summed E-state index contributed by atoms with van der Waals surface area (Å²) in [5.41, 5.74) is -0.813. The van der Waals surface area contributed by atoms with Gasteiger partial charge in [0, 0.05) is 0 Å². The minimum atomic E-state index is -4.45. The molecule has 2 rings (SSSR count). The van der Waals surface area contributed by atoms with Crippen LogP contribution in [0.2, 0.25) is 0 Å². The first kappa shape index (κ1) is 18.6. The van der Waals surface area contributed by atoms with Crippen LogP contribution in [0.15, 0.2) is 48.5 Å². The lowest BCUT2D eigenvalue weighted by Crippen LogP contribution is -2.32. The molecule has 2 aromatic rings. The number of halogens is 4. The van der Waals surface area contributed by atoms with Crippen LogP contribution >= 0.6 is 0 Å². The lowest BCUT2D eigenvalue weighted by atomic mass is 10.2. The van der Waals surface area contributed by atoms with E-state index in [0.717, 1.165) is 12.1 Å². The van der Waals surface area contributed by atoms with E-state index in [1.54, 1.807) is 6.07 Å². The number of alkyl halides is 3. The van der Waals surface area contributed by atoms with Gasteiger partial charge in [-0.25, -0.2) is 4.39 Å². The summed E-state index contributed by atoms with van der Waals surface area (Å²) in [6.07, 6.45) is -4.45. The molecular weight excluding hydrogens is 342 g/mol. The highest BCUT2D eigenvalue weighted by Crippen LogP contribution is 2.31. The molecule has 8 heteroatoms. The highest BCUT2D eigenvalue weighted by atomic mass is 19.4. The van der Waals surface area contributed by atoms with Crippen LogP contribution in [0.5, 0.6) is 11.5 Å². The smallest absolute Gasteiger partial charge is 0.416 e. The van der Waals surface area contributed by atoms with Gasteiger partial charge >= 0.3 is 6.18 Å². The SMILES string of the molecule is O=C(COc1ccccc1F)NCCOc1cccc(C(F)(F)F)c1. The van der Waals surface area contributed by atoms with Crippen molar-refractivity contribution in [2.45, 2.75) is 6.18 Å². The number of benzene rings is 2. The molecule has 0 aliphatic heterocycles. The first-order chi connectivity index (χ1) is 11.9. The van der Waals surface area contributed by atoms with Crippen molar-refractivity contribution in [2.75, 3.05) is 19.8 Å². The maximum atomic E-state index is 13.3. The molecule has 0 aromatic heterocycles. The number of nitrogens with one attached hydrogen (secondary N) is 1.